The van der Waals surface area contributed by atoms with E-state index in [4.69, 9.17) is 5.11 Å². The summed E-state index contributed by atoms with van der Waals surface area (Å²) in [6, 6.07) is 8.13. The fourth-order valence-electron chi connectivity index (χ4n) is 1.49. The van der Waals surface area contributed by atoms with Crippen molar-refractivity contribution in [1.82, 2.24) is 4.98 Å². The van der Waals surface area contributed by atoms with Crippen LogP contribution in [0.15, 0.2) is 35.0 Å². The van der Waals surface area contributed by atoms with E-state index in [0.29, 0.717) is 0 Å². The first kappa shape index (κ1) is 11.6. The van der Waals surface area contributed by atoms with Crippen molar-refractivity contribution >= 4 is 40.0 Å². The number of carbonyl (C=O) groups is 1. The molecule has 0 saturated carbocycles. The van der Waals surface area contributed by atoms with Gasteiger partial charge >= 0.3 is 5.97 Å². The Bertz CT molecular complexity index is 682. The highest BCUT2D eigenvalue weighted by Gasteiger charge is 2.12. The van der Waals surface area contributed by atoms with Crippen LogP contribution >= 0.6 is 34.0 Å². The number of nitrogens with zero attached hydrogens (tertiary/aromatic N) is 1. The van der Waals surface area contributed by atoms with Gasteiger partial charge in [-0.15, -0.1) is 34.0 Å². The number of aromatic nitrogens is 1. The predicted octanol–water partition coefficient (Wildman–Crippen LogP) is 4.30. The Labute approximate surface area is 115 Å². The maximum absolute atomic E-state index is 10.8. The lowest BCUT2D eigenvalue weighted by molar-refractivity contribution is 0.0691. The third kappa shape index (κ3) is 2.10. The maximum Gasteiger partial charge on any atom is 0.355 e. The third-order valence-electron chi connectivity index (χ3n) is 2.30. The standard InChI is InChI=1S/C12H7NO2S3/c14-12(15)7-6-17-11(13-7)10-4-3-9(18-10)8-2-1-5-16-8/h1-6H,(H,14,15). The zero-order valence-electron chi connectivity index (χ0n) is 8.99. The molecule has 90 valence electrons. The van der Waals surface area contributed by atoms with Crippen molar-refractivity contribution < 1.29 is 9.90 Å². The second-order valence-electron chi connectivity index (χ2n) is 3.48. The van der Waals surface area contributed by atoms with Gasteiger partial charge < -0.3 is 5.11 Å². The molecule has 0 aliphatic carbocycles. The Hall–Kier alpha value is -1.50. The third-order valence-corrected chi connectivity index (χ3v) is 5.47. The van der Waals surface area contributed by atoms with E-state index in [9.17, 15) is 4.79 Å². The van der Waals surface area contributed by atoms with Gasteiger partial charge in [0.05, 0.1) is 4.88 Å². The molecule has 0 bridgehead atoms. The lowest BCUT2D eigenvalue weighted by atomic mass is 10.4. The number of carboxylic acids is 1. The fraction of sp³-hybridized carbons (Fsp3) is 0. The molecule has 3 nitrogen and oxygen atoms in total. The maximum atomic E-state index is 10.8. The van der Waals surface area contributed by atoms with Gasteiger partial charge in [-0.05, 0) is 23.6 Å². The largest absolute Gasteiger partial charge is 0.476 e. The van der Waals surface area contributed by atoms with E-state index in [-0.39, 0.29) is 5.69 Å². The van der Waals surface area contributed by atoms with Crippen LogP contribution in [-0.2, 0) is 0 Å². The van der Waals surface area contributed by atoms with Gasteiger partial charge in [0.25, 0.3) is 0 Å². The quantitative estimate of drug-likeness (QED) is 0.783. The molecule has 1 N–H and O–H groups in total. The smallest absolute Gasteiger partial charge is 0.355 e. The number of carboxylic acid groups (broad SMARTS) is 1. The van der Waals surface area contributed by atoms with Crippen LogP contribution in [-0.4, -0.2) is 16.1 Å². The van der Waals surface area contributed by atoms with Crippen molar-refractivity contribution in [3.8, 4) is 19.6 Å². The van der Waals surface area contributed by atoms with Crippen molar-refractivity contribution in [2.75, 3.05) is 0 Å². The van der Waals surface area contributed by atoms with Crippen LogP contribution in [0.25, 0.3) is 19.6 Å². The van der Waals surface area contributed by atoms with Gasteiger partial charge in [0.1, 0.15) is 5.01 Å². The summed E-state index contributed by atoms with van der Waals surface area (Å²) in [5.41, 5.74) is 0.112. The van der Waals surface area contributed by atoms with Crippen LogP contribution in [0.1, 0.15) is 10.5 Å². The van der Waals surface area contributed by atoms with Crippen LogP contribution in [0.2, 0.25) is 0 Å². The molecule has 6 heteroatoms. The van der Waals surface area contributed by atoms with Gasteiger partial charge in [-0.25, -0.2) is 9.78 Å². The summed E-state index contributed by atoms with van der Waals surface area (Å²) in [5, 5.41) is 13.2. The molecule has 3 heterocycles. The zero-order valence-corrected chi connectivity index (χ0v) is 11.4. The van der Waals surface area contributed by atoms with E-state index in [1.54, 1.807) is 28.1 Å². The van der Waals surface area contributed by atoms with E-state index >= 15 is 0 Å². The van der Waals surface area contributed by atoms with Crippen LogP contribution in [0.5, 0.6) is 0 Å². The summed E-state index contributed by atoms with van der Waals surface area (Å²) in [4.78, 5) is 18.3. The van der Waals surface area contributed by atoms with E-state index in [0.717, 1.165) is 9.88 Å². The summed E-state index contributed by atoms with van der Waals surface area (Å²) in [6.07, 6.45) is 0. The van der Waals surface area contributed by atoms with Gasteiger partial charge in [-0.1, -0.05) is 6.07 Å². The summed E-state index contributed by atoms with van der Waals surface area (Å²) in [5.74, 6) is -0.979. The first-order valence-corrected chi connectivity index (χ1v) is 7.64. The zero-order chi connectivity index (χ0) is 12.5. The van der Waals surface area contributed by atoms with E-state index < -0.39 is 5.97 Å². The van der Waals surface area contributed by atoms with Crippen LogP contribution in [0.3, 0.4) is 0 Å². The number of hydrogen-bond donors (Lipinski definition) is 1. The Morgan fingerprint density at radius 3 is 2.61 bits per heavy atom. The van der Waals surface area contributed by atoms with Gasteiger partial charge in [0.2, 0.25) is 0 Å². The topological polar surface area (TPSA) is 50.2 Å². The molecule has 3 aromatic rings. The number of aromatic carboxylic acids is 1. The Kier molecular flexibility index (Phi) is 2.99. The van der Waals surface area contributed by atoms with E-state index in [1.165, 1.54) is 21.1 Å². The molecule has 0 aliphatic heterocycles. The van der Waals surface area contributed by atoms with Crippen LogP contribution in [0, 0.1) is 0 Å². The van der Waals surface area contributed by atoms with Gasteiger partial charge in [0, 0.05) is 15.1 Å². The monoisotopic (exact) mass is 293 g/mol. The minimum atomic E-state index is -0.979. The predicted molar refractivity (Wildman–Crippen MR) is 75.7 cm³/mol. The number of rotatable bonds is 3. The lowest BCUT2D eigenvalue weighted by Crippen LogP contribution is -1.95. The van der Waals surface area contributed by atoms with Crippen molar-refractivity contribution in [2.24, 2.45) is 0 Å². The second-order valence-corrected chi connectivity index (χ2v) is 6.37. The molecule has 0 aliphatic rings. The normalized spacial score (nSPS) is 10.7. The number of thiophene rings is 2. The average Bonchev–Trinajstić information content (AvgIpc) is 3.10. The highest BCUT2D eigenvalue weighted by atomic mass is 32.1. The minimum Gasteiger partial charge on any atom is -0.476 e. The minimum absolute atomic E-state index is 0.112. The molecular weight excluding hydrogens is 286 g/mol. The Morgan fingerprint density at radius 1 is 1.11 bits per heavy atom. The van der Waals surface area contributed by atoms with Crippen molar-refractivity contribution in [3.63, 3.8) is 0 Å². The van der Waals surface area contributed by atoms with Crippen molar-refractivity contribution in [1.29, 1.82) is 0 Å². The molecule has 0 aromatic carbocycles. The lowest BCUT2D eigenvalue weighted by Gasteiger charge is -1.89. The first-order chi connectivity index (χ1) is 8.74. The molecule has 0 atom stereocenters. The molecule has 0 spiro atoms. The molecule has 0 fully saturated rings. The van der Waals surface area contributed by atoms with Gasteiger partial charge in [0.15, 0.2) is 5.69 Å². The van der Waals surface area contributed by atoms with Crippen molar-refractivity contribution in [2.45, 2.75) is 0 Å². The molecule has 18 heavy (non-hydrogen) atoms. The van der Waals surface area contributed by atoms with Crippen LogP contribution in [0.4, 0.5) is 0 Å². The molecule has 0 radical (unpaired) electrons. The molecule has 0 unspecified atom stereocenters. The Morgan fingerprint density at radius 2 is 1.94 bits per heavy atom. The van der Waals surface area contributed by atoms with Crippen molar-refractivity contribution in [3.05, 3.63) is 40.7 Å². The highest BCUT2D eigenvalue weighted by molar-refractivity contribution is 7.25. The molecule has 0 amide bonds. The molecular formula is C12H7NO2S3. The number of hydrogen-bond acceptors (Lipinski definition) is 5. The molecule has 0 saturated heterocycles. The summed E-state index contributed by atoms with van der Waals surface area (Å²) < 4.78 is 0. The number of thiazole rings is 1. The summed E-state index contributed by atoms with van der Waals surface area (Å²) in [6.45, 7) is 0. The van der Waals surface area contributed by atoms with Gasteiger partial charge in [-0.3, -0.25) is 0 Å². The highest BCUT2D eigenvalue weighted by Crippen LogP contribution is 2.37. The van der Waals surface area contributed by atoms with Gasteiger partial charge in [-0.2, -0.15) is 0 Å². The Balaban J connectivity index is 1.95. The SMILES string of the molecule is O=C(O)c1csc(-c2ccc(-c3cccs3)s2)n1. The molecule has 3 rings (SSSR count). The first-order valence-electron chi connectivity index (χ1n) is 5.07. The molecule has 3 aromatic heterocycles. The van der Waals surface area contributed by atoms with E-state index in [2.05, 4.69) is 11.1 Å². The second kappa shape index (κ2) is 4.64. The summed E-state index contributed by atoms with van der Waals surface area (Å²) >= 11 is 4.69. The average molecular weight is 293 g/mol. The fourth-order valence-corrected chi connectivity index (χ4v) is 4.20. The van der Waals surface area contributed by atoms with E-state index in [1.807, 2.05) is 23.6 Å². The summed E-state index contributed by atoms with van der Waals surface area (Å²) in [7, 11) is 0. The van der Waals surface area contributed by atoms with Crippen LogP contribution < -0.4 is 0 Å².